The second kappa shape index (κ2) is 17.6. The Bertz CT molecular complexity index is 1330. The fourth-order valence-corrected chi connectivity index (χ4v) is 9.88. The molecule has 5 aliphatic carbocycles. The number of ether oxygens (including phenoxy) is 5. The van der Waals surface area contributed by atoms with Crippen LogP contribution in [0.15, 0.2) is 91.0 Å². The lowest BCUT2D eigenvalue weighted by atomic mass is 9.50. The van der Waals surface area contributed by atoms with Gasteiger partial charge < -0.3 is 23.7 Å². The molecular formula is C44H58O5. The standard InChI is InChI=1S/C44H58O5/c1-5-13-34(14-6-1)29-46-32-40-19-20-41(43(49-31-36-17-9-3-10-18-36)42(40)48-30-35-15-7-2-8-16-35)47-22-12-4-11-21-45-33-44-26-37-23-38(27-44)25-39(24-37)28-44/h1-3,5-10,13-18,37-43H,4,11-12,19-33H2/t37-,38-,39?,40-,41-,42+,43-,44?/m1/s1. The Labute approximate surface area is 295 Å². The van der Waals surface area contributed by atoms with Crippen LogP contribution < -0.4 is 0 Å². The van der Waals surface area contributed by atoms with E-state index in [1.165, 1.54) is 55.2 Å². The molecule has 5 aliphatic rings. The first-order chi connectivity index (χ1) is 24.2. The molecule has 8 rings (SSSR count). The minimum atomic E-state index is -0.174. The van der Waals surface area contributed by atoms with Gasteiger partial charge in [0.2, 0.25) is 0 Å². The van der Waals surface area contributed by atoms with E-state index in [-0.39, 0.29) is 24.2 Å². The average Bonchev–Trinajstić information content (AvgIpc) is 3.12. The molecule has 5 heteroatoms. The third-order valence-corrected chi connectivity index (χ3v) is 11.8. The van der Waals surface area contributed by atoms with Crippen LogP contribution in [0, 0.1) is 29.1 Å². The summed E-state index contributed by atoms with van der Waals surface area (Å²) in [5, 5.41) is 0. The van der Waals surface area contributed by atoms with Crippen LogP contribution in [0.25, 0.3) is 0 Å². The number of unbranched alkanes of at least 4 members (excludes halogenated alkanes) is 2. The van der Waals surface area contributed by atoms with E-state index in [1.54, 1.807) is 0 Å². The first-order valence-electron chi connectivity index (χ1n) is 19.3. The van der Waals surface area contributed by atoms with E-state index in [1.807, 2.05) is 6.07 Å². The predicted molar refractivity (Wildman–Crippen MR) is 194 cm³/mol. The van der Waals surface area contributed by atoms with E-state index in [4.69, 9.17) is 23.7 Å². The van der Waals surface area contributed by atoms with Crippen molar-refractivity contribution in [2.45, 2.75) is 109 Å². The van der Waals surface area contributed by atoms with E-state index < -0.39 is 0 Å². The van der Waals surface area contributed by atoms with Gasteiger partial charge in [-0.15, -0.1) is 0 Å². The maximum atomic E-state index is 6.77. The van der Waals surface area contributed by atoms with Crippen molar-refractivity contribution in [3.63, 3.8) is 0 Å². The molecular weight excluding hydrogens is 608 g/mol. The maximum Gasteiger partial charge on any atom is 0.111 e. The van der Waals surface area contributed by atoms with Gasteiger partial charge in [-0.2, -0.15) is 0 Å². The molecule has 3 aromatic rings. The number of rotatable bonds is 19. The molecule has 0 heterocycles. The van der Waals surface area contributed by atoms with Gasteiger partial charge in [0.15, 0.2) is 0 Å². The second-order valence-electron chi connectivity index (χ2n) is 15.8. The first-order valence-corrected chi connectivity index (χ1v) is 19.3. The van der Waals surface area contributed by atoms with Gasteiger partial charge in [-0.05, 0) is 110 Å². The molecule has 0 N–H and O–H groups in total. The van der Waals surface area contributed by atoms with E-state index in [0.29, 0.717) is 31.8 Å². The van der Waals surface area contributed by atoms with E-state index >= 15 is 0 Å². The topological polar surface area (TPSA) is 46.2 Å². The molecule has 0 spiro atoms. The lowest BCUT2D eigenvalue weighted by Gasteiger charge is -2.56. The van der Waals surface area contributed by atoms with Crippen LogP contribution >= 0.6 is 0 Å². The zero-order valence-corrected chi connectivity index (χ0v) is 29.5. The molecule has 264 valence electrons. The van der Waals surface area contributed by atoms with Crippen molar-refractivity contribution in [1.82, 2.24) is 0 Å². The summed E-state index contributed by atoms with van der Waals surface area (Å²) in [6.07, 6.45) is 13.7. The highest BCUT2D eigenvalue weighted by atomic mass is 16.6. The zero-order valence-electron chi connectivity index (χ0n) is 29.5. The molecule has 5 fully saturated rings. The van der Waals surface area contributed by atoms with E-state index in [2.05, 4.69) is 84.9 Å². The molecule has 4 bridgehead atoms. The van der Waals surface area contributed by atoms with Crippen molar-refractivity contribution in [2.24, 2.45) is 29.1 Å². The van der Waals surface area contributed by atoms with E-state index in [0.717, 1.165) is 69.7 Å². The van der Waals surface area contributed by atoms with Gasteiger partial charge in [-0.3, -0.25) is 0 Å². The Balaban J connectivity index is 0.917. The van der Waals surface area contributed by atoms with Gasteiger partial charge in [-0.1, -0.05) is 91.0 Å². The summed E-state index contributed by atoms with van der Waals surface area (Å²) >= 11 is 0. The van der Waals surface area contributed by atoms with Crippen molar-refractivity contribution >= 4 is 0 Å². The van der Waals surface area contributed by atoms with Crippen LogP contribution in [0.4, 0.5) is 0 Å². The Kier molecular flexibility index (Phi) is 12.5. The molecule has 0 saturated heterocycles. The summed E-state index contributed by atoms with van der Waals surface area (Å²) in [4.78, 5) is 0. The van der Waals surface area contributed by atoms with Crippen molar-refractivity contribution < 1.29 is 23.7 Å². The Morgan fingerprint density at radius 2 is 1.04 bits per heavy atom. The summed E-state index contributed by atoms with van der Waals surface area (Å²) in [5.74, 6) is 3.20. The molecule has 0 amide bonds. The highest BCUT2D eigenvalue weighted by Gasteiger charge is 2.51. The highest BCUT2D eigenvalue weighted by Crippen LogP contribution is 2.60. The molecule has 0 aliphatic heterocycles. The lowest BCUT2D eigenvalue weighted by Crippen LogP contribution is -2.51. The summed E-state index contributed by atoms with van der Waals surface area (Å²) in [5.41, 5.74) is 4.04. The normalized spacial score (nSPS) is 30.5. The molecule has 0 unspecified atom stereocenters. The summed E-state index contributed by atoms with van der Waals surface area (Å²) in [6.45, 7) is 4.94. The largest absolute Gasteiger partial charge is 0.381 e. The van der Waals surface area contributed by atoms with Crippen molar-refractivity contribution in [3.05, 3.63) is 108 Å². The van der Waals surface area contributed by atoms with Gasteiger partial charge in [0.25, 0.3) is 0 Å². The molecule has 0 radical (unpaired) electrons. The first kappa shape index (κ1) is 34.9. The average molecular weight is 667 g/mol. The van der Waals surface area contributed by atoms with Crippen LogP contribution in [0.1, 0.15) is 87.3 Å². The number of hydrogen-bond donors (Lipinski definition) is 0. The van der Waals surface area contributed by atoms with Crippen LogP contribution in [-0.4, -0.2) is 44.7 Å². The highest BCUT2D eigenvalue weighted by molar-refractivity contribution is 5.15. The molecule has 0 aromatic heterocycles. The van der Waals surface area contributed by atoms with Gasteiger partial charge >= 0.3 is 0 Å². The van der Waals surface area contributed by atoms with Gasteiger partial charge in [0, 0.05) is 19.1 Å². The van der Waals surface area contributed by atoms with Crippen LogP contribution in [0.2, 0.25) is 0 Å². The van der Waals surface area contributed by atoms with Crippen LogP contribution in [0.3, 0.4) is 0 Å². The molecule has 5 nitrogen and oxygen atoms in total. The number of hydrogen-bond acceptors (Lipinski definition) is 5. The van der Waals surface area contributed by atoms with Crippen molar-refractivity contribution in [3.8, 4) is 0 Å². The van der Waals surface area contributed by atoms with Crippen molar-refractivity contribution in [2.75, 3.05) is 26.4 Å². The maximum absolute atomic E-state index is 6.77. The minimum Gasteiger partial charge on any atom is -0.381 e. The van der Waals surface area contributed by atoms with Crippen LogP contribution in [0.5, 0.6) is 0 Å². The molecule has 3 aromatic carbocycles. The fourth-order valence-electron chi connectivity index (χ4n) is 9.88. The third kappa shape index (κ3) is 9.83. The monoisotopic (exact) mass is 666 g/mol. The van der Waals surface area contributed by atoms with Gasteiger partial charge in [0.1, 0.15) is 6.10 Å². The quantitative estimate of drug-likeness (QED) is 0.119. The molecule has 4 atom stereocenters. The third-order valence-electron chi connectivity index (χ3n) is 11.8. The zero-order chi connectivity index (χ0) is 33.1. The Morgan fingerprint density at radius 3 is 1.63 bits per heavy atom. The van der Waals surface area contributed by atoms with Crippen molar-refractivity contribution in [1.29, 1.82) is 0 Å². The predicted octanol–water partition coefficient (Wildman–Crippen LogP) is 9.57. The van der Waals surface area contributed by atoms with Gasteiger partial charge in [0.05, 0.1) is 45.2 Å². The SMILES string of the molecule is c1ccc(COC[C@H]2CC[C@@H](OCCCCCOCC34CC5C[C@H](C3)C[C@H](C5)C4)[C@@H](OCc3ccccc3)[C@H]2OCc2ccccc2)cc1. The smallest absolute Gasteiger partial charge is 0.111 e. The summed E-state index contributed by atoms with van der Waals surface area (Å²) in [7, 11) is 0. The summed E-state index contributed by atoms with van der Waals surface area (Å²) < 4.78 is 32.9. The van der Waals surface area contributed by atoms with Gasteiger partial charge in [-0.25, -0.2) is 0 Å². The van der Waals surface area contributed by atoms with E-state index in [9.17, 15) is 0 Å². The Morgan fingerprint density at radius 1 is 0.510 bits per heavy atom. The Hall–Kier alpha value is -2.54. The lowest BCUT2D eigenvalue weighted by molar-refractivity contribution is -0.192. The minimum absolute atomic E-state index is 0.0119. The van der Waals surface area contributed by atoms with Crippen LogP contribution in [-0.2, 0) is 43.5 Å². The molecule has 5 saturated carbocycles. The number of benzene rings is 3. The molecule has 49 heavy (non-hydrogen) atoms. The fraction of sp³-hybridized carbons (Fsp3) is 0.591. The second-order valence-corrected chi connectivity index (χ2v) is 15.8. The summed E-state index contributed by atoms with van der Waals surface area (Å²) in [6, 6.07) is 31.3.